The van der Waals surface area contributed by atoms with E-state index in [0.717, 1.165) is 50.9 Å². The van der Waals surface area contributed by atoms with Gasteiger partial charge in [0.1, 0.15) is 5.78 Å². The molecule has 0 spiro atoms. The Morgan fingerprint density at radius 1 is 0.929 bits per heavy atom. The average Bonchev–Trinajstić information content (AvgIpc) is 3.29. The molecular weight excluding hydrogens is 346 g/mol. The predicted octanol–water partition coefficient (Wildman–Crippen LogP) is 3.64. The number of hydrogen-bond acceptors (Lipinski definition) is 4. The van der Waals surface area contributed by atoms with E-state index in [1.165, 1.54) is 44.3 Å². The quantitative estimate of drug-likeness (QED) is 0.778. The van der Waals surface area contributed by atoms with Gasteiger partial charge in [-0.05, 0) is 38.2 Å². The molecule has 152 valence electrons. The lowest BCUT2D eigenvalue weighted by Crippen LogP contribution is -2.53. The SMILES string of the molecule is C=C(N1CCN(C2CCCC2)CC1)N1CCC(C(C)=O)(c2ccccc2)CC1. The molecule has 0 N–H and O–H groups in total. The highest BCUT2D eigenvalue weighted by Gasteiger charge is 2.41. The monoisotopic (exact) mass is 381 g/mol. The first-order valence-corrected chi connectivity index (χ1v) is 11.1. The molecular formula is C24H35N3O. The zero-order valence-electron chi connectivity index (χ0n) is 17.4. The van der Waals surface area contributed by atoms with Crippen molar-refractivity contribution in [2.24, 2.45) is 0 Å². The van der Waals surface area contributed by atoms with Crippen LogP contribution in [0.5, 0.6) is 0 Å². The van der Waals surface area contributed by atoms with Crippen molar-refractivity contribution < 1.29 is 4.79 Å². The van der Waals surface area contributed by atoms with Crippen LogP contribution >= 0.6 is 0 Å². The van der Waals surface area contributed by atoms with Crippen LogP contribution in [0.1, 0.15) is 51.0 Å². The van der Waals surface area contributed by atoms with E-state index in [1.807, 2.05) is 6.07 Å². The third-order valence-corrected chi connectivity index (χ3v) is 7.50. The first-order chi connectivity index (χ1) is 13.6. The Labute approximate surface area is 170 Å². The highest BCUT2D eigenvalue weighted by Crippen LogP contribution is 2.37. The van der Waals surface area contributed by atoms with Crippen LogP contribution in [-0.2, 0) is 10.2 Å². The predicted molar refractivity (Wildman–Crippen MR) is 114 cm³/mol. The second-order valence-corrected chi connectivity index (χ2v) is 8.87. The van der Waals surface area contributed by atoms with Crippen molar-refractivity contribution >= 4 is 5.78 Å². The molecule has 4 heteroatoms. The molecule has 1 aromatic carbocycles. The van der Waals surface area contributed by atoms with Crippen molar-refractivity contribution in [1.82, 2.24) is 14.7 Å². The van der Waals surface area contributed by atoms with Gasteiger partial charge in [-0.25, -0.2) is 0 Å². The van der Waals surface area contributed by atoms with Crippen LogP contribution in [-0.4, -0.2) is 65.8 Å². The number of piperidine rings is 1. The minimum atomic E-state index is -0.320. The number of carbonyl (C=O) groups excluding carboxylic acids is 1. The second kappa shape index (κ2) is 8.28. The Bertz CT molecular complexity index is 679. The number of rotatable bonds is 5. The fourth-order valence-electron chi connectivity index (χ4n) is 5.56. The molecule has 1 aliphatic carbocycles. The van der Waals surface area contributed by atoms with Gasteiger partial charge in [-0.3, -0.25) is 9.69 Å². The molecule has 2 saturated heterocycles. The number of Topliss-reactive ketones (excluding diaryl/α,β-unsaturated/α-hetero) is 1. The molecule has 2 heterocycles. The third-order valence-electron chi connectivity index (χ3n) is 7.50. The zero-order chi connectivity index (χ0) is 19.6. The summed E-state index contributed by atoms with van der Waals surface area (Å²) in [5.41, 5.74) is 0.858. The molecule has 0 unspecified atom stereocenters. The lowest BCUT2D eigenvalue weighted by atomic mass is 9.70. The number of nitrogens with zero attached hydrogens (tertiary/aromatic N) is 3. The van der Waals surface area contributed by atoms with Crippen LogP contribution in [0.4, 0.5) is 0 Å². The summed E-state index contributed by atoms with van der Waals surface area (Å²) >= 11 is 0. The van der Waals surface area contributed by atoms with Crippen LogP contribution in [0.15, 0.2) is 42.7 Å². The first-order valence-electron chi connectivity index (χ1n) is 11.1. The van der Waals surface area contributed by atoms with Crippen LogP contribution in [0.25, 0.3) is 0 Å². The highest BCUT2D eigenvalue weighted by molar-refractivity contribution is 5.88. The van der Waals surface area contributed by atoms with Crippen LogP contribution < -0.4 is 0 Å². The fraction of sp³-hybridized carbons (Fsp3) is 0.625. The Morgan fingerprint density at radius 3 is 2.07 bits per heavy atom. The minimum Gasteiger partial charge on any atom is -0.359 e. The Balaban J connectivity index is 1.34. The van der Waals surface area contributed by atoms with Crippen molar-refractivity contribution in [3.05, 3.63) is 48.3 Å². The summed E-state index contributed by atoms with van der Waals surface area (Å²) in [4.78, 5) is 20.2. The molecule has 0 amide bonds. The van der Waals surface area contributed by atoms with Crippen LogP contribution in [0.3, 0.4) is 0 Å². The lowest BCUT2D eigenvalue weighted by Gasteiger charge is -2.46. The molecule has 0 radical (unpaired) electrons. The van der Waals surface area contributed by atoms with Gasteiger partial charge in [-0.2, -0.15) is 0 Å². The van der Waals surface area contributed by atoms with Crippen molar-refractivity contribution in [2.45, 2.75) is 56.9 Å². The van der Waals surface area contributed by atoms with Crippen molar-refractivity contribution in [3.63, 3.8) is 0 Å². The topological polar surface area (TPSA) is 26.8 Å². The summed E-state index contributed by atoms with van der Waals surface area (Å²) in [5.74, 6) is 1.46. The van der Waals surface area contributed by atoms with Gasteiger partial charge in [0.15, 0.2) is 0 Å². The van der Waals surface area contributed by atoms with Gasteiger partial charge < -0.3 is 9.80 Å². The van der Waals surface area contributed by atoms with E-state index in [0.29, 0.717) is 5.78 Å². The average molecular weight is 382 g/mol. The van der Waals surface area contributed by atoms with E-state index in [9.17, 15) is 4.79 Å². The molecule has 1 aromatic rings. The van der Waals surface area contributed by atoms with Crippen LogP contribution in [0, 0.1) is 0 Å². The van der Waals surface area contributed by atoms with Gasteiger partial charge in [0.05, 0.1) is 11.2 Å². The summed E-state index contributed by atoms with van der Waals surface area (Å²) in [5, 5.41) is 0. The Kier molecular flexibility index (Phi) is 5.77. The van der Waals surface area contributed by atoms with E-state index in [1.54, 1.807) is 6.92 Å². The molecule has 0 bridgehead atoms. The van der Waals surface area contributed by atoms with Gasteiger partial charge in [0.2, 0.25) is 0 Å². The molecule has 1 saturated carbocycles. The maximum atomic E-state index is 12.6. The molecule has 0 atom stereocenters. The molecule has 4 rings (SSSR count). The molecule has 0 aromatic heterocycles. The standard InChI is InChI=1S/C24H35N3O/c1-20(28)24(22-8-4-3-5-9-22)12-14-25(15-13-24)21(2)26-16-18-27(19-17-26)23-10-6-7-11-23/h3-5,8-9,23H,2,6-7,10-19H2,1H3. The van der Waals surface area contributed by atoms with Gasteiger partial charge >= 0.3 is 0 Å². The summed E-state index contributed by atoms with van der Waals surface area (Å²) in [7, 11) is 0. The van der Waals surface area contributed by atoms with Gasteiger partial charge in [-0.1, -0.05) is 49.8 Å². The Morgan fingerprint density at radius 2 is 1.50 bits per heavy atom. The lowest BCUT2D eigenvalue weighted by molar-refractivity contribution is -0.124. The van der Waals surface area contributed by atoms with E-state index in [4.69, 9.17) is 0 Å². The summed E-state index contributed by atoms with van der Waals surface area (Å²) in [6.07, 6.45) is 7.36. The van der Waals surface area contributed by atoms with Gasteiger partial charge in [0, 0.05) is 45.3 Å². The molecule has 3 aliphatic rings. The van der Waals surface area contributed by atoms with Crippen molar-refractivity contribution in [1.29, 1.82) is 0 Å². The molecule has 28 heavy (non-hydrogen) atoms. The third kappa shape index (κ3) is 3.71. The number of piperazine rings is 1. The van der Waals surface area contributed by atoms with E-state index in [2.05, 4.69) is 45.5 Å². The number of ketones is 1. The second-order valence-electron chi connectivity index (χ2n) is 8.87. The summed E-state index contributed by atoms with van der Waals surface area (Å²) in [6, 6.07) is 11.2. The Hall–Kier alpha value is -1.81. The maximum Gasteiger partial charge on any atom is 0.140 e. The van der Waals surface area contributed by atoms with Gasteiger partial charge in [0.25, 0.3) is 0 Å². The first kappa shape index (κ1) is 19.5. The van der Waals surface area contributed by atoms with E-state index >= 15 is 0 Å². The summed E-state index contributed by atoms with van der Waals surface area (Å²) < 4.78 is 0. The van der Waals surface area contributed by atoms with Crippen molar-refractivity contribution in [2.75, 3.05) is 39.3 Å². The van der Waals surface area contributed by atoms with Crippen LogP contribution in [0.2, 0.25) is 0 Å². The number of likely N-dealkylation sites (tertiary alicyclic amines) is 1. The maximum absolute atomic E-state index is 12.6. The molecule has 4 nitrogen and oxygen atoms in total. The minimum absolute atomic E-state index is 0.300. The highest BCUT2D eigenvalue weighted by atomic mass is 16.1. The normalized spacial score (nSPS) is 23.8. The van der Waals surface area contributed by atoms with E-state index < -0.39 is 0 Å². The van der Waals surface area contributed by atoms with Gasteiger partial charge in [-0.15, -0.1) is 0 Å². The smallest absolute Gasteiger partial charge is 0.140 e. The fourth-order valence-corrected chi connectivity index (χ4v) is 5.56. The summed E-state index contributed by atoms with van der Waals surface area (Å²) in [6.45, 7) is 12.5. The van der Waals surface area contributed by atoms with Crippen molar-refractivity contribution in [3.8, 4) is 0 Å². The molecule has 2 aliphatic heterocycles. The number of hydrogen-bond donors (Lipinski definition) is 0. The zero-order valence-corrected chi connectivity index (χ0v) is 17.4. The number of carbonyl (C=O) groups is 1. The number of benzene rings is 1. The molecule has 3 fully saturated rings. The van der Waals surface area contributed by atoms with E-state index in [-0.39, 0.29) is 5.41 Å². The largest absolute Gasteiger partial charge is 0.359 e.